The van der Waals surface area contributed by atoms with Crippen molar-refractivity contribution in [3.63, 3.8) is 0 Å². The van der Waals surface area contributed by atoms with E-state index in [1.165, 1.54) is 18.4 Å². The van der Waals surface area contributed by atoms with Gasteiger partial charge < -0.3 is 20.7 Å². The maximum atomic E-state index is 11.9. The van der Waals surface area contributed by atoms with Gasteiger partial charge in [-0.25, -0.2) is 4.79 Å². The molecule has 0 aromatic carbocycles. The van der Waals surface area contributed by atoms with Crippen molar-refractivity contribution in [1.29, 1.82) is 0 Å². The first-order chi connectivity index (χ1) is 8.97. The number of thiophene rings is 1. The van der Waals surface area contributed by atoms with E-state index in [9.17, 15) is 9.59 Å². The predicted octanol–water partition coefficient (Wildman–Crippen LogP) is 1.32. The molecular formula is C12H19N3O3S. The fourth-order valence-corrected chi connectivity index (χ4v) is 2.70. The molecule has 0 bridgehead atoms. The molecular weight excluding hydrogens is 266 g/mol. The summed E-state index contributed by atoms with van der Waals surface area (Å²) in [6.45, 7) is 4.96. The van der Waals surface area contributed by atoms with Crippen molar-refractivity contribution < 1.29 is 14.3 Å². The van der Waals surface area contributed by atoms with Gasteiger partial charge in [-0.3, -0.25) is 4.79 Å². The van der Waals surface area contributed by atoms with Crippen LogP contribution in [-0.4, -0.2) is 39.1 Å². The smallest absolute Gasteiger partial charge is 0.343 e. The summed E-state index contributed by atoms with van der Waals surface area (Å²) < 4.78 is 4.73. The van der Waals surface area contributed by atoms with Gasteiger partial charge in [0.2, 0.25) is 0 Å². The van der Waals surface area contributed by atoms with Crippen LogP contribution >= 0.6 is 11.3 Å². The van der Waals surface area contributed by atoms with Gasteiger partial charge in [0, 0.05) is 20.1 Å². The van der Waals surface area contributed by atoms with Gasteiger partial charge >= 0.3 is 5.97 Å². The van der Waals surface area contributed by atoms with Crippen LogP contribution in [0.25, 0.3) is 0 Å². The van der Waals surface area contributed by atoms with Gasteiger partial charge in [0.05, 0.1) is 12.8 Å². The molecule has 6 nitrogen and oxygen atoms in total. The van der Waals surface area contributed by atoms with E-state index >= 15 is 0 Å². The molecule has 0 radical (unpaired) electrons. The minimum atomic E-state index is -0.528. The fourth-order valence-electron chi connectivity index (χ4n) is 1.55. The highest BCUT2D eigenvalue weighted by Gasteiger charge is 2.27. The number of esters is 1. The summed E-state index contributed by atoms with van der Waals surface area (Å²) in [5.74, 6) is -0.800. The third kappa shape index (κ3) is 2.98. The molecule has 0 atom stereocenters. The van der Waals surface area contributed by atoms with Crippen molar-refractivity contribution in [2.45, 2.75) is 13.8 Å². The molecule has 19 heavy (non-hydrogen) atoms. The van der Waals surface area contributed by atoms with E-state index in [2.05, 4.69) is 5.32 Å². The maximum absolute atomic E-state index is 11.9. The van der Waals surface area contributed by atoms with Crippen LogP contribution in [0, 0.1) is 0 Å². The third-order valence-electron chi connectivity index (χ3n) is 2.68. The van der Waals surface area contributed by atoms with Crippen LogP contribution in [0.2, 0.25) is 0 Å². The largest absolute Gasteiger partial charge is 0.465 e. The monoisotopic (exact) mass is 285 g/mol. The second kappa shape index (κ2) is 6.42. The Morgan fingerprint density at radius 3 is 2.53 bits per heavy atom. The minimum Gasteiger partial charge on any atom is -0.465 e. The second-order valence-corrected chi connectivity index (χ2v) is 4.89. The molecule has 0 saturated carbocycles. The summed E-state index contributed by atoms with van der Waals surface area (Å²) >= 11 is 1.20. The van der Waals surface area contributed by atoms with E-state index in [1.54, 1.807) is 0 Å². The number of nitrogens with zero attached hydrogens (tertiary/aromatic N) is 1. The summed E-state index contributed by atoms with van der Waals surface area (Å²) in [4.78, 5) is 25.9. The van der Waals surface area contributed by atoms with E-state index in [1.807, 2.05) is 25.8 Å². The lowest BCUT2D eigenvalue weighted by atomic mass is 10.2. The van der Waals surface area contributed by atoms with Crippen LogP contribution in [-0.2, 0) is 4.74 Å². The van der Waals surface area contributed by atoms with Crippen molar-refractivity contribution in [3.8, 4) is 0 Å². The molecule has 7 heteroatoms. The highest BCUT2D eigenvalue weighted by Crippen LogP contribution is 2.38. The SMILES string of the molecule is CCNC(=O)c1sc(N(C)CC)c(C(=O)OC)c1N. The number of carbonyl (C=O) groups is 2. The van der Waals surface area contributed by atoms with E-state index in [0.29, 0.717) is 23.0 Å². The zero-order valence-corrected chi connectivity index (χ0v) is 12.4. The van der Waals surface area contributed by atoms with Crippen LogP contribution in [0.4, 0.5) is 10.7 Å². The van der Waals surface area contributed by atoms with Gasteiger partial charge in [0.1, 0.15) is 15.4 Å². The average molecular weight is 285 g/mol. The Morgan fingerprint density at radius 2 is 2.05 bits per heavy atom. The zero-order valence-electron chi connectivity index (χ0n) is 11.6. The van der Waals surface area contributed by atoms with E-state index < -0.39 is 5.97 Å². The lowest BCUT2D eigenvalue weighted by Gasteiger charge is -2.15. The second-order valence-electron chi connectivity index (χ2n) is 3.89. The van der Waals surface area contributed by atoms with Crippen molar-refractivity contribution in [2.75, 3.05) is 37.9 Å². The van der Waals surface area contributed by atoms with Crippen LogP contribution in [0.1, 0.15) is 33.9 Å². The Kier molecular flexibility index (Phi) is 5.17. The van der Waals surface area contributed by atoms with Gasteiger partial charge in [0.15, 0.2) is 0 Å². The van der Waals surface area contributed by atoms with Crippen molar-refractivity contribution >= 4 is 33.9 Å². The summed E-state index contributed by atoms with van der Waals surface area (Å²) in [5, 5.41) is 3.32. The topological polar surface area (TPSA) is 84.7 Å². The Labute approximate surface area is 116 Å². The van der Waals surface area contributed by atoms with E-state index in [4.69, 9.17) is 10.5 Å². The van der Waals surface area contributed by atoms with Gasteiger partial charge in [-0.05, 0) is 13.8 Å². The normalized spacial score (nSPS) is 10.1. The number of hydrogen-bond donors (Lipinski definition) is 2. The van der Waals surface area contributed by atoms with Gasteiger partial charge in [-0.15, -0.1) is 11.3 Å². The molecule has 0 aliphatic carbocycles. The lowest BCUT2D eigenvalue weighted by Crippen LogP contribution is -2.22. The molecule has 1 aromatic rings. The Hall–Kier alpha value is -1.76. The van der Waals surface area contributed by atoms with Crippen molar-refractivity contribution in [2.24, 2.45) is 0 Å². The average Bonchev–Trinajstić information content (AvgIpc) is 2.75. The van der Waals surface area contributed by atoms with Gasteiger partial charge in [-0.1, -0.05) is 0 Å². The third-order valence-corrected chi connectivity index (χ3v) is 4.00. The summed E-state index contributed by atoms with van der Waals surface area (Å²) in [6.07, 6.45) is 0. The van der Waals surface area contributed by atoms with Crippen LogP contribution in [0.3, 0.4) is 0 Å². The number of ether oxygens (including phenoxy) is 1. The number of rotatable bonds is 5. The molecule has 1 rings (SSSR count). The Balaban J connectivity index is 3.34. The molecule has 0 fully saturated rings. The highest BCUT2D eigenvalue weighted by molar-refractivity contribution is 7.19. The fraction of sp³-hybridized carbons (Fsp3) is 0.500. The van der Waals surface area contributed by atoms with Crippen LogP contribution in [0.15, 0.2) is 0 Å². The first-order valence-corrected chi connectivity index (χ1v) is 6.79. The number of anilines is 2. The predicted molar refractivity (Wildman–Crippen MR) is 77.0 cm³/mol. The first-order valence-electron chi connectivity index (χ1n) is 5.97. The molecule has 0 spiro atoms. The standard InChI is InChI=1S/C12H19N3O3S/c1-5-14-10(16)9-8(13)7(12(17)18-4)11(19-9)15(3)6-2/h5-6,13H2,1-4H3,(H,14,16). The quantitative estimate of drug-likeness (QED) is 0.797. The molecule has 106 valence electrons. The molecule has 0 unspecified atom stereocenters. The summed E-state index contributed by atoms with van der Waals surface area (Å²) in [5.41, 5.74) is 6.37. The molecule has 3 N–H and O–H groups in total. The summed E-state index contributed by atoms with van der Waals surface area (Å²) in [6, 6.07) is 0. The molecule has 1 aromatic heterocycles. The highest BCUT2D eigenvalue weighted by atomic mass is 32.1. The number of carbonyl (C=O) groups excluding carboxylic acids is 2. The van der Waals surface area contributed by atoms with E-state index in [-0.39, 0.29) is 17.2 Å². The minimum absolute atomic E-state index is 0.179. The molecule has 1 amide bonds. The zero-order chi connectivity index (χ0) is 14.6. The van der Waals surface area contributed by atoms with Gasteiger partial charge in [0.25, 0.3) is 5.91 Å². The number of nitrogen functional groups attached to an aromatic ring is 1. The molecule has 1 heterocycles. The van der Waals surface area contributed by atoms with Crippen LogP contribution < -0.4 is 16.0 Å². The summed E-state index contributed by atoms with van der Waals surface area (Å²) in [7, 11) is 3.13. The molecule has 0 saturated heterocycles. The lowest BCUT2D eigenvalue weighted by molar-refractivity contribution is 0.0603. The maximum Gasteiger partial charge on any atom is 0.343 e. The Morgan fingerprint density at radius 1 is 1.42 bits per heavy atom. The molecule has 0 aliphatic heterocycles. The number of nitrogens with two attached hydrogens (primary N) is 1. The van der Waals surface area contributed by atoms with E-state index in [0.717, 1.165) is 0 Å². The molecule has 0 aliphatic rings. The van der Waals surface area contributed by atoms with Crippen molar-refractivity contribution in [3.05, 3.63) is 10.4 Å². The first kappa shape index (κ1) is 15.3. The number of amides is 1. The number of methoxy groups -OCH3 is 1. The van der Waals surface area contributed by atoms with Gasteiger partial charge in [-0.2, -0.15) is 0 Å². The van der Waals surface area contributed by atoms with Crippen molar-refractivity contribution in [1.82, 2.24) is 5.32 Å². The number of nitrogens with one attached hydrogen (secondary N) is 1. The Bertz CT molecular complexity index is 485. The number of hydrogen-bond acceptors (Lipinski definition) is 6. The van der Waals surface area contributed by atoms with Crippen LogP contribution in [0.5, 0.6) is 0 Å².